The van der Waals surface area contributed by atoms with Crippen LogP contribution in [0.5, 0.6) is 0 Å². The number of rotatable bonds is 4. The SMILES string of the molecule is CC(C)C(CN)CN(C)C. The second-order valence-electron chi connectivity index (χ2n) is 3.50. The van der Waals surface area contributed by atoms with Crippen LogP contribution in [0.25, 0.3) is 0 Å². The maximum atomic E-state index is 5.60. The van der Waals surface area contributed by atoms with Crippen LogP contribution in [0.2, 0.25) is 0 Å². The van der Waals surface area contributed by atoms with E-state index in [4.69, 9.17) is 5.73 Å². The molecule has 10 heavy (non-hydrogen) atoms. The molecule has 2 heteroatoms. The van der Waals surface area contributed by atoms with Gasteiger partial charge >= 0.3 is 0 Å². The third kappa shape index (κ3) is 3.85. The minimum atomic E-state index is 0.648. The standard InChI is InChI=1S/C8H20N2/c1-7(2)8(5-9)6-10(3)4/h7-8H,5-6,9H2,1-4H3. The summed E-state index contributed by atoms with van der Waals surface area (Å²) in [6, 6.07) is 0. The van der Waals surface area contributed by atoms with Gasteiger partial charge in [-0.05, 0) is 32.5 Å². The maximum Gasteiger partial charge on any atom is 0.00181 e. The lowest BCUT2D eigenvalue weighted by molar-refractivity contribution is 0.275. The minimum absolute atomic E-state index is 0.648. The van der Waals surface area contributed by atoms with Gasteiger partial charge in [-0.3, -0.25) is 0 Å². The smallest absolute Gasteiger partial charge is 0.00181 e. The molecule has 0 aliphatic carbocycles. The fraction of sp³-hybridized carbons (Fsp3) is 1.00. The van der Waals surface area contributed by atoms with E-state index < -0.39 is 0 Å². The number of hydrogen-bond acceptors (Lipinski definition) is 2. The molecule has 2 N–H and O–H groups in total. The lowest BCUT2D eigenvalue weighted by Crippen LogP contribution is -2.30. The Morgan fingerprint density at radius 3 is 1.90 bits per heavy atom. The Morgan fingerprint density at radius 2 is 1.80 bits per heavy atom. The molecule has 1 atom stereocenters. The molecule has 0 aliphatic rings. The molecule has 0 aromatic heterocycles. The van der Waals surface area contributed by atoms with Crippen molar-refractivity contribution in [2.24, 2.45) is 17.6 Å². The highest BCUT2D eigenvalue weighted by Crippen LogP contribution is 2.08. The average molecular weight is 144 g/mol. The van der Waals surface area contributed by atoms with Crippen LogP contribution in [0.4, 0.5) is 0 Å². The summed E-state index contributed by atoms with van der Waals surface area (Å²) in [6.45, 7) is 6.35. The van der Waals surface area contributed by atoms with Crippen molar-refractivity contribution in [2.45, 2.75) is 13.8 Å². The largest absolute Gasteiger partial charge is 0.330 e. The van der Waals surface area contributed by atoms with Crippen LogP contribution >= 0.6 is 0 Å². The molecule has 0 fully saturated rings. The van der Waals surface area contributed by atoms with E-state index in [0.29, 0.717) is 11.8 Å². The minimum Gasteiger partial charge on any atom is -0.330 e. The first-order valence-corrected chi connectivity index (χ1v) is 3.92. The Morgan fingerprint density at radius 1 is 1.30 bits per heavy atom. The van der Waals surface area contributed by atoms with Gasteiger partial charge in [0.1, 0.15) is 0 Å². The zero-order chi connectivity index (χ0) is 8.15. The predicted octanol–water partition coefficient (Wildman–Crippen LogP) is 0.779. The van der Waals surface area contributed by atoms with Crippen LogP contribution in [0.3, 0.4) is 0 Å². The van der Waals surface area contributed by atoms with Gasteiger partial charge in [0.15, 0.2) is 0 Å². The van der Waals surface area contributed by atoms with Crippen molar-refractivity contribution in [3.05, 3.63) is 0 Å². The number of nitrogens with two attached hydrogens (primary N) is 1. The first-order valence-electron chi connectivity index (χ1n) is 3.92. The second kappa shape index (κ2) is 4.69. The van der Waals surface area contributed by atoms with Crippen molar-refractivity contribution in [2.75, 3.05) is 27.2 Å². The van der Waals surface area contributed by atoms with Crippen molar-refractivity contribution in [1.29, 1.82) is 0 Å². The Hall–Kier alpha value is -0.0800. The average Bonchev–Trinajstić information content (AvgIpc) is 1.81. The Bertz CT molecular complexity index is 79.3. The van der Waals surface area contributed by atoms with E-state index in [1.165, 1.54) is 0 Å². The molecule has 0 aromatic carbocycles. The van der Waals surface area contributed by atoms with Crippen LogP contribution in [0.15, 0.2) is 0 Å². The molecule has 0 spiro atoms. The lowest BCUT2D eigenvalue weighted by atomic mass is 9.96. The van der Waals surface area contributed by atoms with E-state index in [1.54, 1.807) is 0 Å². The Balaban J connectivity index is 3.60. The molecule has 0 aromatic rings. The molecule has 2 nitrogen and oxygen atoms in total. The van der Waals surface area contributed by atoms with E-state index in [1.807, 2.05) is 0 Å². The molecule has 0 amide bonds. The van der Waals surface area contributed by atoms with Crippen LogP contribution in [-0.4, -0.2) is 32.1 Å². The lowest BCUT2D eigenvalue weighted by Gasteiger charge is -2.22. The van der Waals surface area contributed by atoms with Crippen molar-refractivity contribution < 1.29 is 0 Å². The molecule has 62 valence electrons. The van der Waals surface area contributed by atoms with Gasteiger partial charge in [0.2, 0.25) is 0 Å². The van der Waals surface area contributed by atoms with Gasteiger partial charge < -0.3 is 10.6 Å². The number of hydrogen-bond donors (Lipinski definition) is 1. The molecule has 0 rings (SSSR count). The molecule has 1 unspecified atom stereocenters. The van der Waals surface area contributed by atoms with E-state index in [9.17, 15) is 0 Å². The zero-order valence-corrected chi connectivity index (χ0v) is 7.59. The monoisotopic (exact) mass is 144 g/mol. The highest BCUT2D eigenvalue weighted by atomic mass is 15.1. The van der Waals surface area contributed by atoms with Gasteiger partial charge in [-0.15, -0.1) is 0 Å². The normalized spacial score (nSPS) is 14.7. The summed E-state index contributed by atoms with van der Waals surface area (Å²) >= 11 is 0. The Kier molecular flexibility index (Phi) is 4.65. The molecule has 0 saturated heterocycles. The van der Waals surface area contributed by atoms with E-state index in [2.05, 4.69) is 32.8 Å². The maximum absolute atomic E-state index is 5.60. The van der Waals surface area contributed by atoms with Gasteiger partial charge in [0.05, 0.1) is 0 Å². The van der Waals surface area contributed by atoms with Crippen LogP contribution in [-0.2, 0) is 0 Å². The third-order valence-corrected chi connectivity index (χ3v) is 1.85. The summed E-state index contributed by atoms with van der Waals surface area (Å²) < 4.78 is 0. The topological polar surface area (TPSA) is 29.3 Å². The van der Waals surface area contributed by atoms with Crippen LogP contribution < -0.4 is 5.73 Å². The summed E-state index contributed by atoms with van der Waals surface area (Å²) in [5.41, 5.74) is 5.60. The molecule has 0 saturated carbocycles. The fourth-order valence-corrected chi connectivity index (χ4v) is 1.03. The molecular weight excluding hydrogens is 124 g/mol. The third-order valence-electron chi connectivity index (χ3n) is 1.85. The van der Waals surface area contributed by atoms with Crippen LogP contribution in [0.1, 0.15) is 13.8 Å². The summed E-state index contributed by atoms with van der Waals surface area (Å²) in [6.07, 6.45) is 0. The summed E-state index contributed by atoms with van der Waals surface area (Å²) in [5, 5.41) is 0. The second-order valence-corrected chi connectivity index (χ2v) is 3.50. The fourth-order valence-electron chi connectivity index (χ4n) is 1.03. The van der Waals surface area contributed by atoms with Crippen LogP contribution in [0, 0.1) is 11.8 Å². The Labute approximate surface area is 64.4 Å². The number of nitrogens with zero attached hydrogens (tertiary/aromatic N) is 1. The first kappa shape index (κ1) is 9.92. The molecule has 0 heterocycles. The van der Waals surface area contributed by atoms with Gasteiger partial charge in [0.25, 0.3) is 0 Å². The van der Waals surface area contributed by atoms with E-state index in [0.717, 1.165) is 13.1 Å². The zero-order valence-electron chi connectivity index (χ0n) is 7.59. The molecule has 0 aliphatic heterocycles. The van der Waals surface area contributed by atoms with Gasteiger partial charge in [-0.2, -0.15) is 0 Å². The van der Waals surface area contributed by atoms with Gasteiger partial charge in [0, 0.05) is 6.54 Å². The van der Waals surface area contributed by atoms with Crippen molar-refractivity contribution in [1.82, 2.24) is 4.90 Å². The highest BCUT2D eigenvalue weighted by Gasteiger charge is 2.11. The summed E-state index contributed by atoms with van der Waals surface area (Å²) in [4.78, 5) is 2.19. The predicted molar refractivity (Wildman–Crippen MR) is 45.9 cm³/mol. The summed E-state index contributed by atoms with van der Waals surface area (Å²) in [5.74, 6) is 1.35. The van der Waals surface area contributed by atoms with Crippen molar-refractivity contribution in [3.8, 4) is 0 Å². The highest BCUT2D eigenvalue weighted by molar-refractivity contribution is 4.65. The molecule has 0 bridgehead atoms. The van der Waals surface area contributed by atoms with Crippen molar-refractivity contribution in [3.63, 3.8) is 0 Å². The molecular formula is C8H20N2. The van der Waals surface area contributed by atoms with Gasteiger partial charge in [-0.25, -0.2) is 0 Å². The first-order chi connectivity index (χ1) is 4.57. The van der Waals surface area contributed by atoms with Crippen molar-refractivity contribution >= 4 is 0 Å². The summed E-state index contributed by atoms with van der Waals surface area (Å²) in [7, 11) is 4.18. The quantitative estimate of drug-likeness (QED) is 0.632. The van der Waals surface area contributed by atoms with Gasteiger partial charge in [-0.1, -0.05) is 13.8 Å². The van der Waals surface area contributed by atoms with E-state index >= 15 is 0 Å². The van der Waals surface area contributed by atoms with E-state index in [-0.39, 0.29) is 0 Å². The molecule has 0 radical (unpaired) electrons.